The number of rotatable bonds is 5. The standard InChI is InChI=1S/C6H14O6.HI/c7-1-3(9)5(11)6(12)4(10)2-8;/h3-12H,1-2H2;1H. The molecule has 6 nitrogen and oxygen atoms in total. The summed E-state index contributed by atoms with van der Waals surface area (Å²) in [4.78, 5) is 0. The Labute approximate surface area is 92.5 Å². The predicted molar refractivity (Wildman–Crippen MR) is 53.6 cm³/mol. The molecule has 0 saturated carbocycles. The van der Waals surface area contributed by atoms with E-state index in [9.17, 15) is 0 Å². The van der Waals surface area contributed by atoms with Crippen LogP contribution in [0.3, 0.4) is 0 Å². The summed E-state index contributed by atoms with van der Waals surface area (Å²) in [6, 6.07) is 0. The van der Waals surface area contributed by atoms with Gasteiger partial charge in [-0.15, -0.1) is 24.0 Å². The van der Waals surface area contributed by atoms with Crippen molar-refractivity contribution in [2.75, 3.05) is 13.2 Å². The van der Waals surface area contributed by atoms with Crippen LogP contribution in [0.25, 0.3) is 0 Å². The van der Waals surface area contributed by atoms with Crippen LogP contribution in [0.4, 0.5) is 0 Å². The second-order valence-corrected chi connectivity index (χ2v) is 2.48. The molecule has 6 N–H and O–H groups in total. The van der Waals surface area contributed by atoms with Crippen LogP contribution in [0.1, 0.15) is 0 Å². The van der Waals surface area contributed by atoms with Crippen LogP contribution >= 0.6 is 24.0 Å². The van der Waals surface area contributed by atoms with E-state index in [1.807, 2.05) is 0 Å². The topological polar surface area (TPSA) is 121 Å². The largest absolute Gasteiger partial charge is 0.394 e. The van der Waals surface area contributed by atoms with Crippen LogP contribution in [-0.2, 0) is 0 Å². The maximum Gasteiger partial charge on any atom is 0.111 e. The molecule has 0 heterocycles. The molecule has 0 aliphatic rings. The molecule has 0 aromatic rings. The van der Waals surface area contributed by atoms with E-state index in [0.717, 1.165) is 0 Å². The second kappa shape index (κ2) is 7.85. The van der Waals surface area contributed by atoms with Crippen LogP contribution in [0.2, 0.25) is 0 Å². The third kappa shape index (κ3) is 5.05. The van der Waals surface area contributed by atoms with E-state index in [1.165, 1.54) is 0 Å². The van der Waals surface area contributed by atoms with Crippen molar-refractivity contribution in [1.82, 2.24) is 0 Å². The monoisotopic (exact) mass is 310 g/mol. The third-order valence-corrected chi connectivity index (χ3v) is 1.51. The lowest BCUT2D eigenvalue weighted by Gasteiger charge is -2.24. The number of hydrogen-bond acceptors (Lipinski definition) is 6. The van der Waals surface area contributed by atoms with E-state index in [1.54, 1.807) is 0 Å². The highest BCUT2D eigenvalue weighted by Crippen LogP contribution is 2.03. The summed E-state index contributed by atoms with van der Waals surface area (Å²) < 4.78 is 0. The molecule has 0 aromatic heterocycles. The summed E-state index contributed by atoms with van der Waals surface area (Å²) in [6.07, 6.45) is -6.39. The van der Waals surface area contributed by atoms with Gasteiger partial charge in [0.2, 0.25) is 0 Å². The van der Waals surface area contributed by atoms with Crippen LogP contribution in [0, 0.1) is 0 Å². The summed E-state index contributed by atoms with van der Waals surface area (Å²) in [5.41, 5.74) is 0. The first-order chi connectivity index (χ1) is 5.54. The van der Waals surface area contributed by atoms with Crippen molar-refractivity contribution >= 4 is 24.0 Å². The predicted octanol–water partition coefficient (Wildman–Crippen LogP) is -2.97. The van der Waals surface area contributed by atoms with Gasteiger partial charge < -0.3 is 30.6 Å². The Bertz CT molecular complexity index is 110. The molecule has 0 saturated heterocycles. The molecule has 0 fully saturated rings. The maximum absolute atomic E-state index is 8.96. The lowest BCUT2D eigenvalue weighted by atomic mass is 10.0. The van der Waals surface area contributed by atoms with E-state index in [-0.39, 0.29) is 24.0 Å². The number of aliphatic hydroxyl groups excluding tert-OH is 6. The van der Waals surface area contributed by atoms with Gasteiger partial charge in [-0.3, -0.25) is 0 Å². The smallest absolute Gasteiger partial charge is 0.111 e. The van der Waals surface area contributed by atoms with Gasteiger partial charge in [0.05, 0.1) is 13.2 Å². The van der Waals surface area contributed by atoms with Gasteiger partial charge in [-0.1, -0.05) is 0 Å². The molecule has 0 radical (unpaired) electrons. The number of hydrogen-bond donors (Lipinski definition) is 6. The Kier molecular flexibility index (Phi) is 9.63. The molecule has 4 unspecified atom stereocenters. The van der Waals surface area contributed by atoms with Gasteiger partial charge in [0, 0.05) is 0 Å². The van der Waals surface area contributed by atoms with Crippen molar-refractivity contribution in [3.8, 4) is 0 Å². The fourth-order valence-electron chi connectivity index (χ4n) is 0.671. The molecule has 0 aromatic carbocycles. The molecule has 0 bridgehead atoms. The van der Waals surface area contributed by atoms with Crippen molar-refractivity contribution < 1.29 is 30.6 Å². The Hall–Kier alpha value is 0.490. The van der Waals surface area contributed by atoms with E-state index in [4.69, 9.17) is 30.6 Å². The molecular weight excluding hydrogens is 295 g/mol. The lowest BCUT2D eigenvalue weighted by molar-refractivity contribution is -0.123. The van der Waals surface area contributed by atoms with Crippen molar-refractivity contribution in [2.45, 2.75) is 24.4 Å². The second-order valence-electron chi connectivity index (χ2n) is 2.48. The zero-order valence-corrected chi connectivity index (χ0v) is 9.15. The van der Waals surface area contributed by atoms with Crippen LogP contribution in [0.5, 0.6) is 0 Å². The molecule has 7 heteroatoms. The van der Waals surface area contributed by atoms with Gasteiger partial charge in [-0.2, -0.15) is 0 Å². The third-order valence-electron chi connectivity index (χ3n) is 1.51. The fraction of sp³-hybridized carbons (Fsp3) is 1.00. The number of halogens is 1. The van der Waals surface area contributed by atoms with Crippen molar-refractivity contribution in [3.63, 3.8) is 0 Å². The minimum absolute atomic E-state index is 0. The molecule has 0 rings (SSSR count). The van der Waals surface area contributed by atoms with E-state index in [0.29, 0.717) is 0 Å². The summed E-state index contributed by atoms with van der Waals surface area (Å²) in [5.74, 6) is 0. The minimum atomic E-state index is -1.67. The first-order valence-electron chi connectivity index (χ1n) is 3.48. The molecule has 4 atom stereocenters. The quantitative estimate of drug-likeness (QED) is 0.302. The highest BCUT2D eigenvalue weighted by molar-refractivity contribution is 14.0. The molecular formula is C6H15IO6. The Morgan fingerprint density at radius 3 is 1.08 bits per heavy atom. The van der Waals surface area contributed by atoms with Gasteiger partial charge in [-0.25, -0.2) is 0 Å². The Morgan fingerprint density at radius 2 is 0.923 bits per heavy atom. The maximum atomic E-state index is 8.96. The summed E-state index contributed by atoms with van der Waals surface area (Å²) in [5, 5.41) is 52.2. The minimum Gasteiger partial charge on any atom is -0.394 e. The fourth-order valence-corrected chi connectivity index (χ4v) is 0.671. The highest BCUT2D eigenvalue weighted by atomic mass is 127. The lowest BCUT2D eigenvalue weighted by Crippen LogP contribution is -2.46. The van der Waals surface area contributed by atoms with Gasteiger partial charge in [0.25, 0.3) is 0 Å². The van der Waals surface area contributed by atoms with Gasteiger partial charge in [0.1, 0.15) is 24.4 Å². The molecule has 13 heavy (non-hydrogen) atoms. The van der Waals surface area contributed by atoms with Crippen LogP contribution in [0.15, 0.2) is 0 Å². The van der Waals surface area contributed by atoms with Crippen LogP contribution in [-0.4, -0.2) is 68.3 Å². The van der Waals surface area contributed by atoms with Crippen molar-refractivity contribution in [1.29, 1.82) is 0 Å². The number of aliphatic hydroxyl groups is 6. The molecule has 0 spiro atoms. The Morgan fingerprint density at radius 1 is 0.692 bits per heavy atom. The van der Waals surface area contributed by atoms with Gasteiger partial charge >= 0.3 is 0 Å². The van der Waals surface area contributed by atoms with Crippen molar-refractivity contribution in [3.05, 3.63) is 0 Å². The summed E-state index contributed by atoms with van der Waals surface area (Å²) >= 11 is 0. The van der Waals surface area contributed by atoms with E-state index >= 15 is 0 Å². The zero-order chi connectivity index (χ0) is 9.72. The average Bonchev–Trinajstić information content (AvgIpc) is 2.12. The van der Waals surface area contributed by atoms with Crippen molar-refractivity contribution in [2.24, 2.45) is 0 Å². The first kappa shape index (κ1) is 15.9. The molecule has 0 amide bonds. The van der Waals surface area contributed by atoms with Gasteiger partial charge in [-0.05, 0) is 0 Å². The van der Waals surface area contributed by atoms with Gasteiger partial charge in [0.15, 0.2) is 0 Å². The highest BCUT2D eigenvalue weighted by Gasteiger charge is 2.29. The van der Waals surface area contributed by atoms with E-state index < -0.39 is 37.6 Å². The van der Waals surface area contributed by atoms with E-state index in [2.05, 4.69) is 0 Å². The molecule has 0 aliphatic heterocycles. The Balaban J connectivity index is 0. The average molecular weight is 310 g/mol. The summed E-state index contributed by atoms with van der Waals surface area (Å²) in [7, 11) is 0. The zero-order valence-electron chi connectivity index (χ0n) is 6.82. The van der Waals surface area contributed by atoms with Crippen LogP contribution < -0.4 is 0 Å². The SMILES string of the molecule is I.OCC(O)C(O)C(O)C(O)CO. The molecule has 82 valence electrons. The molecule has 0 aliphatic carbocycles. The normalized spacial score (nSPS) is 19.8. The first-order valence-corrected chi connectivity index (χ1v) is 3.48. The summed E-state index contributed by atoms with van der Waals surface area (Å²) in [6.45, 7) is -1.45.